The lowest BCUT2D eigenvalue weighted by atomic mass is 10.0. The maximum atomic E-state index is 14.1. The second kappa shape index (κ2) is 5.74. The van der Waals surface area contributed by atoms with E-state index in [1.165, 1.54) is 17.8 Å². The molecule has 0 aromatic heterocycles. The predicted molar refractivity (Wildman–Crippen MR) is 73.7 cm³/mol. The Kier molecular flexibility index (Phi) is 4.27. The van der Waals surface area contributed by atoms with Crippen molar-refractivity contribution in [3.05, 3.63) is 64.4 Å². The number of aliphatic hydroxyl groups is 1. The van der Waals surface area contributed by atoms with Gasteiger partial charge in [0.25, 0.3) is 0 Å². The highest BCUT2D eigenvalue weighted by Crippen LogP contribution is 2.32. The number of thioether (sulfide) groups is 1. The molecular formula is C14H12ClFOS. The van der Waals surface area contributed by atoms with Crippen molar-refractivity contribution in [3.8, 4) is 0 Å². The molecule has 0 aliphatic rings. The van der Waals surface area contributed by atoms with Gasteiger partial charge in [-0.2, -0.15) is 0 Å². The number of halogens is 2. The van der Waals surface area contributed by atoms with Gasteiger partial charge >= 0.3 is 0 Å². The van der Waals surface area contributed by atoms with E-state index in [1.54, 1.807) is 36.6 Å². The average molecular weight is 283 g/mol. The highest BCUT2D eigenvalue weighted by atomic mass is 35.5. The van der Waals surface area contributed by atoms with E-state index < -0.39 is 11.9 Å². The molecule has 2 rings (SSSR count). The van der Waals surface area contributed by atoms with Crippen molar-refractivity contribution in [3.63, 3.8) is 0 Å². The summed E-state index contributed by atoms with van der Waals surface area (Å²) in [4.78, 5) is 0.437. The molecule has 4 heteroatoms. The minimum Gasteiger partial charge on any atom is -0.384 e. The third kappa shape index (κ3) is 2.69. The largest absolute Gasteiger partial charge is 0.384 e. The smallest absolute Gasteiger partial charge is 0.142 e. The summed E-state index contributed by atoms with van der Waals surface area (Å²) < 4.78 is 14.1. The molecule has 1 nitrogen and oxygen atoms in total. The Labute approximate surface area is 115 Å². The van der Waals surface area contributed by atoms with Gasteiger partial charge in [0.1, 0.15) is 11.9 Å². The molecule has 18 heavy (non-hydrogen) atoms. The third-order valence-corrected chi connectivity index (χ3v) is 3.62. The SMILES string of the molecule is CSc1cc(Cl)cc(C(O)c2ccccc2)c1F. The first-order valence-electron chi connectivity index (χ1n) is 5.39. The van der Waals surface area contributed by atoms with E-state index >= 15 is 0 Å². The predicted octanol–water partition coefficient (Wildman–Crippen LogP) is 4.28. The molecule has 0 saturated carbocycles. The van der Waals surface area contributed by atoms with Crippen molar-refractivity contribution >= 4 is 23.4 Å². The van der Waals surface area contributed by atoms with Gasteiger partial charge in [-0.3, -0.25) is 0 Å². The summed E-state index contributed by atoms with van der Waals surface area (Å²) in [7, 11) is 0. The van der Waals surface area contributed by atoms with Crippen LogP contribution >= 0.6 is 23.4 Å². The molecule has 0 bridgehead atoms. The molecule has 0 heterocycles. The monoisotopic (exact) mass is 282 g/mol. The van der Waals surface area contributed by atoms with Crippen molar-refractivity contribution in [2.75, 3.05) is 6.26 Å². The van der Waals surface area contributed by atoms with E-state index in [0.29, 0.717) is 15.5 Å². The first-order valence-corrected chi connectivity index (χ1v) is 6.99. The van der Waals surface area contributed by atoms with E-state index in [9.17, 15) is 9.50 Å². The first kappa shape index (κ1) is 13.4. The molecule has 0 fully saturated rings. The minimum atomic E-state index is -1.00. The summed E-state index contributed by atoms with van der Waals surface area (Å²) in [5, 5.41) is 10.6. The van der Waals surface area contributed by atoms with Crippen LogP contribution in [0.25, 0.3) is 0 Å². The Morgan fingerprint density at radius 1 is 1.22 bits per heavy atom. The summed E-state index contributed by atoms with van der Waals surface area (Å²) in [6, 6.07) is 12.0. The van der Waals surface area contributed by atoms with Crippen LogP contribution in [0.3, 0.4) is 0 Å². The van der Waals surface area contributed by atoms with Crippen LogP contribution in [0.4, 0.5) is 4.39 Å². The maximum absolute atomic E-state index is 14.1. The normalized spacial score (nSPS) is 12.4. The van der Waals surface area contributed by atoms with E-state index in [2.05, 4.69) is 0 Å². The topological polar surface area (TPSA) is 20.2 Å². The van der Waals surface area contributed by atoms with Crippen LogP contribution in [0.2, 0.25) is 5.02 Å². The van der Waals surface area contributed by atoms with Crippen molar-refractivity contribution in [2.45, 2.75) is 11.0 Å². The molecule has 0 spiro atoms. The van der Waals surface area contributed by atoms with Crippen LogP contribution in [0.5, 0.6) is 0 Å². The lowest BCUT2D eigenvalue weighted by Crippen LogP contribution is -2.03. The highest BCUT2D eigenvalue weighted by Gasteiger charge is 2.18. The standard InChI is InChI=1S/C14H12ClFOS/c1-18-12-8-10(15)7-11(13(12)16)14(17)9-5-3-2-4-6-9/h2-8,14,17H,1H3. The van der Waals surface area contributed by atoms with Crippen molar-refractivity contribution in [1.29, 1.82) is 0 Å². The van der Waals surface area contributed by atoms with Crippen LogP contribution < -0.4 is 0 Å². The maximum Gasteiger partial charge on any atom is 0.142 e. The van der Waals surface area contributed by atoms with Crippen molar-refractivity contribution in [1.82, 2.24) is 0 Å². The summed E-state index contributed by atoms with van der Waals surface area (Å²) in [5.74, 6) is -0.414. The molecule has 1 atom stereocenters. The molecule has 0 amide bonds. The van der Waals surface area contributed by atoms with Gasteiger partial charge in [0, 0.05) is 15.5 Å². The number of hydrogen-bond acceptors (Lipinski definition) is 2. The fraction of sp³-hybridized carbons (Fsp3) is 0.143. The Morgan fingerprint density at radius 3 is 2.50 bits per heavy atom. The summed E-state index contributed by atoms with van der Waals surface area (Å²) >= 11 is 7.21. The zero-order chi connectivity index (χ0) is 13.1. The van der Waals surface area contributed by atoms with E-state index in [4.69, 9.17) is 11.6 Å². The van der Waals surface area contributed by atoms with Gasteiger partial charge in [0.15, 0.2) is 0 Å². The van der Waals surface area contributed by atoms with Gasteiger partial charge < -0.3 is 5.11 Å². The van der Waals surface area contributed by atoms with E-state index in [-0.39, 0.29) is 5.56 Å². The summed E-state index contributed by atoms with van der Waals surface area (Å²) in [6.07, 6.45) is 0.767. The van der Waals surface area contributed by atoms with Crippen LogP contribution in [0, 0.1) is 5.82 Å². The van der Waals surface area contributed by atoms with Crippen molar-refractivity contribution in [2.24, 2.45) is 0 Å². The Balaban J connectivity index is 2.48. The van der Waals surface area contributed by atoms with Gasteiger partial charge in [-0.25, -0.2) is 4.39 Å². The van der Waals surface area contributed by atoms with E-state index in [1.807, 2.05) is 6.07 Å². The number of aliphatic hydroxyl groups excluding tert-OH is 1. The van der Waals surface area contributed by atoms with Crippen LogP contribution in [-0.2, 0) is 0 Å². The molecule has 0 radical (unpaired) electrons. The average Bonchev–Trinajstić information content (AvgIpc) is 2.41. The molecule has 1 N–H and O–H groups in total. The second-order valence-electron chi connectivity index (χ2n) is 3.82. The molecule has 1 unspecified atom stereocenters. The van der Waals surface area contributed by atoms with Gasteiger partial charge in [-0.15, -0.1) is 11.8 Å². The van der Waals surface area contributed by atoms with Crippen LogP contribution in [0.1, 0.15) is 17.2 Å². The molecule has 2 aromatic rings. The number of benzene rings is 2. The second-order valence-corrected chi connectivity index (χ2v) is 5.11. The zero-order valence-electron chi connectivity index (χ0n) is 9.73. The zero-order valence-corrected chi connectivity index (χ0v) is 11.3. The summed E-state index contributed by atoms with van der Waals surface area (Å²) in [5.41, 5.74) is 0.851. The lowest BCUT2D eigenvalue weighted by Gasteiger charge is -2.14. The lowest BCUT2D eigenvalue weighted by molar-refractivity contribution is 0.214. The molecule has 0 saturated heterocycles. The quantitative estimate of drug-likeness (QED) is 0.848. The number of hydrogen-bond donors (Lipinski definition) is 1. The molecule has 94 valence electrons. The third-order valence-electron chi connectivity index (χ3n) is 2.66. The molecule has 0 aliphatic carbocycles. The van der Waals surface area contributed by atoms with Crippen LogP contribution in [-0.4, -0.2) is 11.4 Å². The van der Waals surface area contributed by atoms with E-state index in [0.717, 1.165) is 0 Å². The van der Waals surface area contributed by atoms with Gasteiger partial charge in [0.05, 0.1) is 0 Å². The fourth-order valence-corrected chi connectivity index (χ4v) is 2.58. The van der Waals surface area contributed by atoms with Crippen LogP contribution in [0.15, 0.2) is 47.4 Å². The fourth-order valence-electron chi connectivity index (χ4n) is 1.75. The first-order chi connectivity index (χ1) is 8.63. The summed E-state index contributed by atoms with van der Waals surface area (Å²) in [6.45, 7) is 0. The highest BCUT2D eigenvalue weighted by molar-refractivity contribution is 7.98. The Bertz CT molecular complexity index is 545. The van der Waals surface area contributed by atoms with Gasteiger partial charge in [-0.1, -0.05) is 41.9 Å². The molecular weight excluding hydrogens is 271 g/mol. The van der Waals surface area contributed by atoms with Gasteiger partial charge in [0.2, 0.25) is 0 Å². The van der Waals surface area contributed by atoms with Gasteiger partial charge in [-0.05, 0) is 24.0 Å². The minimum absolute atomic E-state index is 0.207. The Hall–Kier alpha value is -1.03. The Morgan fingerprint density at radius 2 is 1.89 bits per heavy atom. The van der Waals surface area contributed by atoms with Crippen molar-refractivity contribution < 1.29 is 9.50 Å². The number of rotatable bonds is 3. The molecule has 0 aliphatic heterocycles. The molecule has 2 aromatic carbocycles.